The average Bonchev–Trinajstić information content (AvgIpc) is 3.15. The van der Waals surface area contributed by atoms with E-state index in [1.54, 1.807) is 18.2 Å². The van der Waals surface area contributed by atoms with Gasteiger partial charge in [0.25, 0.3) is 5.91 Å². The Balaban J connectivity index is 1.48. The molecule has 0 aliphatic heterocycles. The minimum absolute atomic E-state index is 0.139. The second kappa shape index (κ2) is 10.2. The molecule has 2 N–H and O–H groups in total. The third kappa shape index (κ3) is 6.39. The van der Waals surface area contributed by atoms with E-state index in [1.165, 1.54) is 30.1 Å². The van der Waals surface area contributed by atoms with Gasteiger partial charge in [0.1, 0.15) is 5.76 Å². The fourth-order valence-corrected chi connectivity index (χ4v) is 3.38. The van der Waals surface area contributed by atoms with E-state index < -0.39 is 5.91 Å². The van der Waals surface area contributed by atoms with Gasteiger partial charge in [-0.25, -0.2) is 5.43 Å². The summed E-state index contributed by atoms with van der Waals surface area (Å²) < 4.78 is 5.55. The van der Waals surface area contributed by atoms with E-state index in [0.717, 1.165) is 5.69 Å². The molecule has 0 aliphatic rings. The molecule has 3 aromatic rings. The van der Waals surface area contributed by atoms with Crippen molar-refractivity contribution in [3.8, 4) is 0 Å². The van der Waals surface area contributed by atoms with E-state index in [4.69, 9.17) is 27.6 Å². The second-order valence-electron chi connectivity index (χ2n) is 5.68. The van der Waals surface area contributed by atoms with Gasteiger partial charge in [-0.1, -0.05) is 53.2 Å². The predicted octanol–water partition coefficient (Wildman–Crippen LogP) is 5.08. The molecule has 148 valence electrons. The fraction of sp³-hybridized carbons (Fsp3) is 0.0500. The van der Waals surface area contributed by atoms with Gasteiger partial charge < -0.3 is 9.73 Å². The number of para-hydroxylation sites is 1. The van der Waals surface area contributed by atoms with E-state index in [-0.39, 0.29) is 22.2 Å². The topological polar surface area (TPSA) is 83.7 Å². The number of amides is 2. The highest BCUT2D eigenvalue weighted by atomic mass is 35.5. The number of hydrogen-bond acceptors (Lipinski definition) is 5. The number of furan rings is 1. The number of hydrazone groups is 1. The van der Waals surface area contributed by atoms with E-state index >= 15 is 0 Å². The Bertz CT molecular complexity index is 1040. The van der Waals surface area contributed by atoms with Crippen LogP contribution < -0.4 is 10.7 Å². The molecule has 6 nitrogen and oxygen atoms in total. The summed E-state index contributed by atoms with van der Waals surface area (Å²) in [5.74, 6) is 0.0187. The number of carbonyl (C=O) groups is 2. The smallest absolute Gasteiger partial charge is 0.272 e. The molecule has 0 saturated carbocycles. The predicted molar refractivity (Wildman–Crippen MR) is 116 cm³/mol. The van der Waals surface area contributed by atoms with Crippen molar-refractivity contribution in [2.75, 3.05) is 11.1 Å². The van der Waals surface area contributed by atoms with Gasteiger partial charge in [0, 0.05) is 10.7 Å². The molecule has 0 bridgehead atoms. The first-order valence-corrected chi connectivity index (χ1v) is 10.1. The summed E-state index contributed by atoms with van der Waals surface area (Å²) in [6.45, 7) is 0. The van der Waals surface area contributed by atoms with Gasteiger partial charge in [0.15, 0.2) is 5.09 Å². The monoisotopic (exact) mass is 447 g/mol. The molecular weight excluding hydrogens is 433 g/mol. The van der Waals surface area contributed by atoms with Crippen molar-refractivity contribution in [3.63, 3.8) is 0 Å². The summed E-state index contributed by atoms with van der Waals surface area (Å²) in [7, 11) is 0. The van der Waals surface area contributed by atoms with Gasteiger partial charge in [0.05, 0.1) is 22.6 Å². The molecule has 0 radical (unpaired) electrons. The molecule has 3 rings (SSSR count). The zero-order valence-corrected chi connectivity index (χ0v) is 17.2. The largest absolute Gasteiger partial charge is 0.449 e. The average molecular weight is 448 g/mol. The molecule has 0 unspecified atom stereocenters. The molecule has 29 heavy (non-hydrogen) atoms. The maximum absolute atomic E-state index is 12.1. The summed E-state index contributed by atoms with van der Waals surface area (Å²) in [6.07, 6.45) is 1.36. The maximum atomic E-state index is 12.1. The van der Waals surface area contributed by atoms with Crippen LogP contribution in [0.2, 0.25) is 10.0 Å². The molecule has 1 aromatic heterocycles. The summed E-state index contributed by atoms with van der Waals surface area (Å²) >= 11 is 13.0. The first-order valence-electron chi connectivity index (χ1n) is 8.37. The third-order valence-electron chi connectivity index (χ3n) is 3.54. The lowest BCUT2D eigenvalue weighted by atomic mass is 10.2. The molecule has 0 spiro atoms. The van der Waals surface area contributed by atoms with Crippen molar-refractivity contribution in [2.24, 2.45) is 5.10 Å². The van der Waals surface area contributed by atoms with Crippen molar-refractivity contribution in [1.29, 1.82) is 0 Å². The first-order chi connectivity index (χ1) is 14.0. The Morgan fingerprint density at radius 1 is 1.07 bits per heavy atom. The summed E-state index contributed by atoms with van der Waals surface area (Å²) in [5.41, 5.74) is 3.36. The van der Waals surface area contributed by atoms with Crippen LogP contribution in [0.1, 0.15) is 16.1 Å². The summed E-state index contributed by atoms with van der Waals surface area (Å²) in [5, 5.41) is 7.87. The fourth-order valence-electron chi connectivity index (χ4n) is 2.22. The molecule has 9 heteroatoms. The molecular formula is C20H15Cl2N3O3S. The molecule has 2 amide bonds. The number of nitrogens with one attached hydrogen (secondary N) is 2. The number of carbonyl (C=O) groups excluding carboxylic acids is 2. The Kier molecular flexibility index (Phi) is 7.35. The van der Waals surface area contributed by atoms with Crippen LogP contribution in [0.15, 0.2) is 75.3 Å². The van der Waals surface area contributed by atoms with Crippen LogP contribution >= 0.6 is 35.0 Å². The molecule has 0 atom stereocenters. The van der Waals surface area contributed by atoms with Crippen LogP contribution in [0, 0.1) is 0 Å². The molecule has 2 aromatic carbocycles. The lowest BCUT2D eigenvalue weighted by Gasteiger charge is -2.03. The number of nitrogens with zero attached hydrogens (tertiary/aromatic N) is 1. The Labute approximate surface area is 181 Å². The van der Waals surface area contributed by atoms with Gasteiger partial charge in [-0.3, -0.25) is 9.59 Å². The van der Waals surface area contributed by atoms with Crippen LogP contribution in [0.4, 0.5) is 5.69 Å². The van der Waals surface area contributed by atoms with E-state index in [0.29, 0.717) is 15.9 Å². The highest BCUT2D eigenvalue weighted by Crippen LogP contribution is 2.22. The SMILES string of the molecule is O=C(CSc1ccc(/C=N\NC(=O)c2ccc(Cl)cc2Cl)o1)Nc1ccccc1. The van der Waals surface area contributed by atoms with E-state index in [1.807, 2.05) is 30.3 Å². The zero-order valence-electron chi connectivity index (χ0n) is 14.9. The number of anilines is 1. The van der Waals surface area contributed by atoms with Gasteiger partial charge >= 0.3 is 0 Å². The maximum Gasteiger partial charge on any atom is 0.272 e. The summed E-state index contributed by atoms with van der Waals surface area (Å²) in [6, 6.07) is 17.2. The van der Waals surface area contributed by atoms with Gasteiger partial charge in [-0.05, 0) is 42.5 Å². The third-order valence-corrected chi connectivity index (χ3v) is 5.00. The van der Waals surface area contributed by atoms with Crippen LogP contribution in [-0.4, -0.2) is 23.8 Å². The van der Waals surface area contributed by atoms with Crippen LogP contribution in [0.25, 0.3) is 0 Å². The number of thioether (sulfide) groups is 1. The number of halogens is 2. The Morgan fingerprint density at radius 3 is 2.62 bits per heavy atom. The van der Waals surface area contributed by atoms with Gasteiger partial charge in [-0.15, -0.1) is 0 Å². The zero-order chi connectivity index (χ0) is 20.6. The van der Waals surface area contributed by atoms with Crippen LogP contribution in [0.3, 0.4) is 0 Å². The van der Waals surface area contributed by atoms with Crippen LogP contribution in [-0.2, 0) is 4.79 Å². The minimum atomic E-state index is -0.471. The Morgan fingerprint density at radius 2 is 1.86 bits per heavy atom. The first kappa shape index (κ1) is 21.0. The highest BCUT2D eigenvalue weighted by molar-refractivity contribution is 7.99. The van der Waals surface area contributed by atoms with Crippen LogP contribution in [0.5, 0.6) is 0 Å². The van der Waals surface area contributed by atoms with Crippen molar-refractivity contribution >= 4 is 58.7 Å². The number of hydrogen-bond donors (Lipinski definition) is 2. The molecule has 0 aliphatic carbocycles. The molecule has 1 heterocycles. The van der Waals surface area contributed by atoms with Gasteiger partial charge in [-0.2, -0.15) is 5.10 Å². The normalized spacial score (nSPS) is 10.8. The highest BCUT2D eigenvalue weighted by Gasteiger charge is 2.10. The number of benzene rings is 2. The number of rotatable bonds is 7. The van der Waals surface area contributed by atoms with E-state index in [9.17, 15) is 9.59 Å². The minimum Gasteiger partial charge on any atom is -0.449 e. The second-order valence-corrected chi connectivity index (χ2v) is 7.51. The van der Waals surface area contributed by atoms with Crippen molar-refractivity contribution < 1.29 is 14.0 Å². The van der Waals surface area contributed by atoms with E-state index in [2.05, 4.69) is 15.8 Å². The lowest BCUT2D eigenvalue weighted by Crippen LogP contribution is -2.17. The van der Waals surface area contributed by atoms with Crippen molar-refractivity contribution in [2.45, 2.75) is 5.09 Å². The quantitative estimate of drug-likeness (QED) is 0.300. The van der Waals surface area contributed by atoms with Gasteiger partial charge in [0.2, 0.25) is 5.91 Å². The standard InChI is InChI=1S/C20H15Cl2N3O3S/c21-13-6-8-16(17(22)10-13)20(27)25-23-11-15-7-9-19(28-15)29-12-18(26)24-14-4-2-1-3-5-14/h1-11H,12H2,(H,24,26)(H,25,27)/b23-11-. The molecule has 0 fully saturated rings. The van der Waals surface area contributed by atoms with Crippen molar-refractivity contribution in [3.05, 3.63) is 82.0 Å². The lowest BCUT2D eigenvalue weighted by molar-refractivity contribution is -0.113. The Hall–Kier alpha value is -2.74. The summed E-state index contributed by atoms with van der Waals surface area (Å²) in [4.78, 5) is 24.0. The van der Waals surface area contributed by atoms with Crippen molar-refractivity contribution in [1.82, 2.24) is 5.43 Å². The molecule has 0 saturated heterocycles.